The van der Waals surface area contributed by atoms with Gasteiger partial charge < -0.3 is 15.4 Å². The Morgan fingerprint density at radius 3 is 2.69 bits per heavy atom. The molecule has 2 N–H and O–H groups in total. The van der Waals surface area contributed by atoms with Crippen LogP contribution in [0.3, 0.4) is 0 Å². The minimum atomic E-state index is -0.729. The van der Waals surface area contributed by atoms with Crippen molar-refractivity contribution in [3.05, 3.63) is 39.9 Å². The SMILES string of the molecule is COC(=O)[C@H](CCSC)NC(=O)CCNC(=O)c1cccc([N+](=O)[O-])c1. The molecule has 0 saturated carbocycles. The summed E-state index contributed by atoms with van der Waals surface area (Å²) in [5.41, 5.74) is -0.0582. The van der Waals surface area contributed by atoms with E-state index in [1.807, 2.05) is 6.26 Å². The topological polar surface area (TPSA) is 128 Å². The lowest BCUT2D eigenvalue weighted by Crippen LogP contribution is -2.43. The van der Waals surface area contributed by atoms with E-state index >= 15 is 0 Å². The third kappa shape index (κ3) is 7.09. The van der Waals surface area contributed by atoms with Crippen molar-refractivity contribution in [3.8, 4) is 0 Å². The highest BCUT2D eigenvalue weighted by molar-refractivity contribution is 7.98. The van der Waals surface area contributed by atoms with Crippen molar-refractivity contribution in [2.75, 3.05) is 25.7 Å². The normalized spacial score (nSPS) is 11.3. The Morgan fingerprint density at radius 2 is 2.08 bits per heavy atom. The minimum absolute atomic E-state index is 0.0315. The van der Waals surface area contributed by atoms with Crippen LogP contribution in [0, 0.1) is 10.1 Å². The second-order valence-electron chi connectivity index (χ2n) is 5.24. The predicted molar refractivity (Wildman–Crippen MR) is 97.0 cm³/mol. The number of methoxy groups -OCH3 is 1. The van der Waals surface area contributed by atoms with E-state index in [2.05, 4.69) is 15.4 Å². The summed E-state index contributed by atoms with van der Waals surface area (Å²) in [6, 6.07) is 4.56. The van der Waals surface area contributed by atoms with E-state index in [9.17, 15) is 24.5 Å². The maximum absolute atomic E-state index is 12.0. The van der Waals surface area contributed by atoms with Crippen LogP contribution in [0.25, 0.3) is 0 Å². The highest BCUT2D eigenvalue weighted by Gasteiger charge is 2.21. The van der Waals surface area contributed by atoms with Crippen molar-refractivity contribution in [3.63, 3.8) is 0 Å². The molecule has 0 radical (unpaired) electrons. The number of hydrogen-bond donors (Lipinski definition) is 2. The average molecular weight is 383 g/mol. The fourth-order valence-corrected chi connectivity index (χ4v) is 2.52. The highest BCUT2D eigenvalue weighted by atomic mass is 32.2. The summed E-state index contributed by atoms with van der Waals surface area (Å²) in [4.78, 5) is 45.7. The third-order valence-electron chi connectivity index (χ3n) is 3.39. The first kappa shape index (κ1) is 21.4. The van der Waals surface area contributed by atoms with E-state index in [1.165, 1.54) is 25.3 Å². The molecule has 10 heteroatoms. The Hall–Kier alpha value is -2.62. The zero-order chi connectivity index (χ0) is 19.5. The standard InChI is InChI=1S/C16H21N3O6S/c1-25-16(22)13(7-9-26-2)18-14(20)6-8-17-15(21)11-4-3-5-12(10-11)19(23)24/h3-5,10,13H,6-9H2,1-2H3,(H,17,21)(H,18,20)/t13-/m0/s1. The molecule has 0 unspecified atom stereocenters. The number of benzene rings is 1. The summed E-state index contributed by atoms with van der Waals surface area (Å²) in [5, 5.41) is 15.8. The van der Waals surface area contributed by atoms with Gasteiger partial charge in [-0.25, -0.2) is 4.79 Å². The minimum Gasteiger partial charge on any atom is -0.467 e. The van der Waals surface area contributed by atoms with Crippen LogP contribution in [0.4, 0.5) is 5.69 Å². The molecule has 0 saturated heterocycles. The molecule has 0 aliphatic heterocycles. The van der Waals surface area contributed by atoms with Gasteiger partial charge in [0.2, 0.25) is 5.91 Å². The second-order valence-corrected chi connectivity index (χ2v) is 6.22. The van der Waals surface area contributed by atoms with Crippen LogP contribution in [0.2, 0.25) is 0 Å². The monoisotopic (exact) mass is 383 g/mol. The number of nitrogens with zero attached hydrogens (tertiary/aromatic N) is 1. The lowest BCUT2D eigenvalue weighted by atomic mass is 10.2. The van der Waals surface area contributed by atoms with Crippen molar-refractivity contribution in [1.82, 2.24) is 10.6 Å². The largest absolute Gasteiger partial charge is 0.467 e. The third-order valence-corrected chi connectivity index (χ3v) is 4.03. The molecule has 1 atom stereocenters. The summed E-state index contributed by atoms with van der Waals surface area (Å²) < 4.78 is 4.65. The molecule has 0 heterocycles. The predicted octanol–water partition coefficient (Wildman–Crippen LogP) is 1.13. The number of thioether (sulfide) groups is 1. The van der Waals surface area contributed by atoms with Gasteiger partial charge in [-0.05, 0) is 24.5 Å². The number of ether oxygens (including phenoxy) is 1. The van der Waals surface area contributed by atoms with Crippen LogP contribution in [0.1, 0.15) is 23.2 Å². The first-order valence-electron chi connectivity index (χ1n) is 7.77. The molecule has 26 heavy (non-hydrogen) atoms. The number of nitro groups is 1. The van der Waals surface area contributed by atoms with Crippen molar-refractivity contribution < 1.29 is 24.0 Å². The van der Waals surface area contributed by atoms with Crippen LogP contribution >= 0.6 is 11.8 Å². The van der Waals surface area contributed by atoms with Crippen LogP contribution in [0.5, 0.6) is 0 Å². The zero-order valence-electron chi connectivity index (χ0n) is 14.5. The first-order valence-corrected chi connectivity index (χ1v) is 9.17. The van der Waals surface area contributed by atoms with Gasteiger partial charge in [0.25, 0.3) is 11.6 Å². The summed E-state index contributed by atoms with van der Waals surface area (Å²) in [5.74, 6) is -0.758. The number of nitro benzene ring substituents is 1. The molecule has 2 amide bonds. The number of carbonyl (C=O) groups is 3. The Balaban J connectivity index is 2.49. The highest BCUT2D eigenvalue weighted by Crippen LogP contribution is 2.12. The van der Waals surface area contributed by atoms with Gasteiger partial charge in [-0.3, -0.25) is 19.7 Å². The fraction of sp³-hybridized carbons (Fsp3) is 0.438. The maximum atomic E-state index is 12.0. The molecule has 142 valence electrons. The van der Waals surface area contributed by atoms with E-state index in [-0.39, 0.29) is 24.2 Å². The van der Waals surface area contributed by atoms with Crippen molar-refractivity contribution in [2.24, 2.45) is 0 Å². The Labute approximate surface area is 155 Å². The molecule has 0 bridgehead atoms. The van der Waals surface area contributed by atoms with Gasteiger partial charge in [-0.1, -0.05) is 6.07 Å². The molecule has 0 fully saturated rings. The van der Waals surface area contributed by atoms with Crippen LogP contribution in [-0.2, 0) is 14.3 Å². The van der Waals surface area contributed by atoms with Crippen molar-refractivity contribution >= 4 is 35.2 Å². The summed E-state index contributed by atoms with van der Waals surface area (Å²) >= 11 is 1.54. The van der Waals surface area contributed by atoms with E-state index in [1.54, 1.807) is 11.8 Å². The molecule has 0 aromatic heterocycles. The number of hydrogen-bond acceptors (Lipinski definition) is 7. The number of carbonyl (C=O) groups excluding carboxylic acids is 3. The average Bonchev–Trinajstić information content (AvgIpc) is 2.64. The number of rotatable bonds is 10. The summed E-state index contributed by atoms with van der Waals surface area (Å²) in [7, 11) is 1.25. The molecule has 1 rings (SSSR count). The number of esters is 1. The van der Waals surface area contributed by atoms with Gasteiger partial charge in [0, 0.05) is 30.7 Å². The van der Waals surface area contributed by atoms with Gasteiger partial charge in [0.15, 0.2) is 0 Å². The Kier molecular flexibility index (Phi) is 9.13. The number of non-ortho nitro benzene ring substituents is 1. The zero-order valence-corrected chi connectivity index (χ0v) is 15.3. The number of nitrogens with one attached hydrogen (secondary N) is 2. The van der Waals surface area contributed by atoms with Gasteiger partial charge in [-0.2, -0.15) is 11.8 Å². The Morgan fingerprint density at radius 1 is 1.35 bits per heavy atom. The van der Waals surface area contributed by atoms with Gasteiger partial charge in [0.1, 0.15) is 6.04 Å². The molecule has 0 spiro atoms. The van der Waals surface area contributed by atoms with E-state index in [4.69, 9.17) is 0 Å². The molecular formula is C16H21N3O6S. The lowest BCUT2D eigenvalue weighted by Gasteiger charge is -2.16. The summed E-state index contributed by atoms with van der Waals surface area (Å²) in [6.07, 6.45) is 2.30. The van der Waals surface area contributed by atoms with Crippen molar-refractivity contribution in [1.29, 1.82) is 0 Å². The van der Waals surface area contributed by atoms with Crippen LogP contribution < -0.4 is 10.6 Å². The molecular weight excluding hydrogens is 362 g/mol. The molecule has 0 aliphatic carbocycles. The number of amides is 2. The quantitative estimate of drug-likeness (QED) is 0.352. The van der Waals surface area contributed by atoms with E-state index in [0.717, 1.165) is 6.07 Å². The van der Waals surface area contributed by atoms with E-state index < -0.39 is 28.7 Å². The van der Waals surface area contributed by atoms with E-state index in [0.29, 0.717) is 12.2 Å². The molecule has 9 nitrogen and oxygen atoms in total. The fourth-order valence-electron chi connectivity index (χ4n) is 2.05. The van der Waals surface area contributed by atoms with Gasteiger partial charge in [0.05, 0.1) is 12.0 Å². The lowest BCUT2D eigenvalue weighted by molar-refractivity contribution is -0.384. The Bertz CT molecular complexity index is 667. The molecule has 0 aliphatic rings. The second kappa shape index (κ2) is 11.1. The summed E-state index contributed by atoms with van der Waals surface area (Å²) in [6.45, 7) is 0.0315. The van der Waals surface area contributed by atoms with Gasteiger partial charge >= 0.3 is 5.97 Å². The van der Waals surface area contributed by atoms with Crippen molar-refractivity contribution in [2.45, 2.75) is 18.9 Å². The smallest absolute Gasteiger partial charge is 0.328 e. The van der Waals surface area contributed by atoms with Crippen LogP contribution in [0.15, 0.2) is 24.3 Å². The van der Waals surface area contributed by atoms with Gasteiger partial charge in [-0.15, -0.1) is 0 Å². The first-order chi connectivity index (χ1) is 12.4. The van der Waals surface area contributed by atoms with Crippen LogP contribution in [-0.4, -0.2) is 54.4 Å². The molecule has 1 aromatic rings. The maximum Gasteiger partial charge on any atom is 0.328 e. The molecule has 1 aromatic carbocycles.